The normalized spacial score (nSPS) is 10.3. The topological polar surface area (TPSA) is 36.9 Å². The quantitative estimate of drug-likeness (QED) is 0.633. The summed E-state index contributed by atoms with van der Waals surface area (Å²) in [6.45, 7) is 0.931. The van der Waals surface area contributed by atoms with Crippen molar-refractivity contribution in [3.8, 4) is 23.0 Å². The average Bonchev–Trinajstić information content (AvgIpc) is 2.56. The highest BCUT2D eigenvalue weighted by Gasteiger charge is 2.11. The predicted octanol–water partition coefficient (Wildman–Crippen LogP) is 4.86. The number of rotatable bonds is 8. The van der Waals surface area contributed by atoms with Crippen LogP contribution in [0.4, 0.5) is 0 Å². The Morgan fingerprint density at radius 2 is 1.48 bits per heavy atom. The van der Waals surface area contributed by atoms with Gasteiger partial charge in [0.15, 0.2) is 11.5 Å². The van der Waals surface area contributed by atoms with Crippen LogP contribution < -0.4 is 18.9 Å². The Labute approximate surface area is 145 Å². The minimum Gasteiger partial charge on any atom is -0.493 e. The van der Waals surface area contributed by atoms with Crippen molar-refractivity contribution in [2.75, 3.05) is 27.4 Å². The van der Waals surface area contributed by atoms with Crippen molar-refractivity contribution in [2.45, 2.75) is 6.42 Å². The molecule has 6 heteroatoms. The maximum atomic E-state index is 6.04. The van der Waals surface area contributed by atoms with Gasteiger partial charge in [-0.25, -0.2) is 0 Å². The lowest BCUT2D eigenvalue weighted by molar-refractivity contribution is 0.232. The number of methoxy groups -OCH3 is 2. The Bertz CT molecular complexity index is 624. The van der Waals surface area contributed by atoms with Gasteiger partial charge < -0.3 is 18.9 Å². The van der Waals surface area contributed by atoms with Crippen molar-refractivity contribution in [2.24, 2.45) is 0 Å². The average molecular weight is 357 g/mol. The Morgan fingerprint density at radius 3 is 2.09 bits per heavy atom. The molecular weight excluding hydrogens is 339 g/mol. The fourth-order valence-electron chi connectivity index (χ4n) is 1.97. The fraction of sp³-hybridized carbons (Fsp3) is 0.294. The van der Waals surface area contributed by atoms with E-state index in [2.05, 4.69) is 0 Å². The third-order valence-electron chi connectivity index (χ3n) is 3.07. The monoisotopic (exact) mass is 356 g/mol. The molecule has 23 heavy (non-hydrogen) atoms. The summed E-state index contributed by atoms with van der Waals surface area (Å²) in [6, 6.07) is 10.6. The summed E-state index contributed by atoms with van der Waals surface area (Å²) in [5.41, 5.74) is 0. The molecule has 0 fully saturated rings. The minimum atomic E-state index is 0.460. The Balaban J connectivity index is 1.84. The van der Waals surface area contributed by atoms with Gasteiger partial charge in [-0.2, -0.15) is 0 Å². The second-order valence-corrected chi connectivity index (χ2v) is 5.46. The Morgan fingerprint density at radius 1 is 0.826 bits per heavy atom. The SMILES string of the molecule is COc1cccc(OC)c1OCCCOc1ccc(Cl)cc1Cl. The van der Waals surface area contributed by atoms with Crippen molar-refractivity contribution >= 4 is 23.2 Å². The first kappa shape index (κ1) is 17.6. The van der Waals surface area contributed by atoms with Crippen LogP contribution in [-0.4, -0.2) is 27.4 Å². The summed E-state index contributed by atoms with van der Waals surface area (Å²) >= 11 is 11.9. The number of ether oxygens (including phenoxy) is 4. The largest absolute Gasteiger partial charge is 0.493 e. The van der Waals surface area contributed by atoms with E-state index < -0.39 is 0 Å². The smallest absolute Gasteiger partial charge is 0.203 e. The highest BCUT2D eigenvalue weighted by Crippen LogP contribution is 2.36. The van der Waals surface area contributed by atoms with Gasteiger partial charge in [-0.05, 0) is 30.3 Å². The number of benzene rings is 2. The molecule has 0 unspecified atom stereocenters. The molecule has 0 radical (unpaired) electrons. The van der Waals surface area contributed by atoms with Crippen molar-refractivity contribution < 1.29 is 18.9 Å². The first-order chi connectivity index (χ1) is 11.2. The molecule has 0 atom stereocenters. The van der Waals surface area contributed by atoms with Crippen LogP contribution in [0.25, 0.3) is 0 Å². The van der Waals surface area contributed by atoms with Gasteiger partial charge in [-0.15, -0.1) is 0 Å². The molecule has 0 N–H and O–H groups in total. The van der Waals surface area contributed by atoms with E-state index in [0.29, 0.717) is 52.7 Å². The van der Waals surface area contributed by atoms with Gasteiger partial charge in [-0.3, -0.25) is 0 Å². The van der Waals surface area contributed by atoms with E-state index in [9.17, 15) is 0 Å². The van der Waals surface area contributed by atoms with Gasteiger partial charge >= 0.3 is 0 Å². The second-order valence-electron chi connectivity index (χ2n) is 4.62. The molecule has 0 aliphatic heterocycles. The molecule has 0 saturated heterocycles. The number of halogens is 2. The van der Waals surface area contributed by atoms with Crippen LogP contribution in [0, 0.1) is 0 Å². The van der Waals surface area contributed by atoms with Gasteiger partial charge in [0, 0.05) is 11.4 Å². The van der Waals surface area contributed by atoms with Crippen LogP contribution in [0.3, 0.4) is 0 Å². The van der Waals surface area contributed by atoms with Crippen LogP contribution in [0.15, 0.2) is 36.4 Å². The van der Waals surface area contributed by atoms with E-state index in [0.717, 1.165) is 0 Å². The lowest BCUT2D eigenvalue weighted by Crippen LogP contribution is -2.06. The lowest BCUT2D eigenvalue weighted by atomic mass is 10.3. The third-order valence-corrected chi connectivity index (χ3v) is 3.60. The lowest BCUT2D eigenvalue weighted by Gasteiger charge is -2.14. The molecule has 124 valence electrons. The van der Waals surface area contributed by atoms with Crippen LogP contribution in [-0.2, 0) is 0 Å². The van der Waals surface area contributed by atoms with E-state index in [1.54, 1.807) is 32.4 Å². The maximum Gasteiger partial charge on any atom is 0.203 e. The van der Waals surface area contributed by atoms with Crippen molar-refractivity contribution in [1.82, 2.24) is 0 Å². The van der Waals surface area contributed by atoms with Crippen LogP contribution in [0.2, 0.25) is 10.0 Å². The Kier molecular flexibility index (Phi) is 6.68. The Hall–Kier alpha value is -1.78. The first-order valence-corrected chi connectivity index (χ1v) is 7.83. The molecule has 0 amide bonds. The zero-order valence-corrected chi connectivity index (χ0v) is 14.5. The number of hydrogen-bond acceptors (Lipinski definition) is 4. The van der Waals surface area contributed by atoms with E-state index in [1.807, 2.05) is 18.2 Å². The van der Waals surface area contributed by atoms with Crippen molar-refractivity contribution in [1.29, 1.82) is 0 Å². The standard InChI is InChI=1S/C17H18Cl2O4/c1-20-15-5-3-6-16(21-2)17(15)23-10-4-9-22-14-8-7-12(18)11-13(14)19/h3,5-8,11H,4,9-10H2,1-2H3. The summed E-state index contributed by atoms with van der Waals surface area (Å²) in [5.74, 6) is 2.45. The van der Waals surface area contributed by atoms with Crippen molar-refractivity contribution in [3.63, 3.8) is 0 Å². The third kappa shape index (κ3) is 4.85. The summed E-state index contributed by atoms with van der Waals surface area (Å²) in [4.78, 5) is 0. The summed E-state index contributed by atoms with van der Waals surface area (Å²) in [5, 5.41) is 1.07. The first-order valence-electron chi connectivity index (χ1n) is 7.07. The van der Waals surface area contributed by atoms with E-state index in [-0.39, 0.29) is 0 Å². The molecule has 4 nitrogen and oxygen atoms in total. The highest BCUT2D eigenvalue weighted by molar-refractivity contribution is 6.35. The molecule has 2 aromatic rings. The van der Waals surface area contributed by atoms with Gasteiger partial charge in [0.25, 0.3) is 0 Å². The van der Waals surface area contributed by atoms with Crippen LogP contribution in [0.5, 0.6) is 23.0 Å². The van der Waals surface area contributed by atoms with Crippen LogP contribution in [0.1, 0.15) is 6.42 Å². The molecule has 0 saturated carbocycles. The predicted molar refractivity (Wildman–Crippen MR) is 91.6 cm³/mol. The van der Waals surface area contributed by atoms with Crippen molar-refractivity contribution in [3.05, 3.63) is 46.4 Å². The van der Waals surface area contributed by atoms with E-state index in [4.69, 9.17) is 42.1 Å². The maximum absolute atomic E-state index is 6.04. The summed E-state index contributed by atoms with van der Waals surface area (Å²) in [6.07, 6.45) is 0.681. The van der Waals surface area contributed by atoms with E-state index >= 15 is 0 Å². The minimum absolute atomic E-state index is 0.460. The van der Waals surface area contributed by atoms with Gasteiger partial charge in [0.2, 0.25) is 5.75 Å². The summed E-state index contributed by atoms with van der Waals surface area (Å²) < 4.78 is 21.9. The molecule has 0 aliphatic carbocycles. The molecule has 0 aliphatic rings. The molecular formula is C17H18Cl2O4. The van der Waals surface area contributed by atoms with Gasteiger partial charge in [-0.1, -0.05) is 29.3 Å². The highest BCUT2D eigenvalue weighted by atomic mass is 35.5. The van der Waals surface area contributed by atoms with Crippen LogP contribution >= 0.6 is 23.2 Å². The molecule has 0 heterocycles. The zero-order chi connectivity index (χ0) is 16.7. The molecule has 2 rings (SSSR count). The second kappa shape index (κ2) is 8.75. The van der Waals surface area contributed by atoms with E-state index in [1.165, 1.54) is 0 Å². The number of para-hydroxylation sites is 1. The molecule has 0 bridgehead atoms. The zero-order valence-electron chi connectivity index (χ0n) is 13.0. The molecule has 2 aromatic carbocycles. The van der Waals surface area contributed by atoms with Gasteiger partial charge in [0.05, 0.1) is 32.5 Å². The summed E-state index contributed by atoms with van der Waals surface area (Å²) in [7, 11) is 3.18. The molecule has 0 spiro atoms. The van der Waals surface area contributed by atoms with Gasteiger partial charge in [0.1, 0.15) is 5.75 Å². The fourth-order valence-corrected chi connectivity index (χ4v) is 2.43. The number of hydrogen-bond donors (Lipinski definition) is 0. The molecule has 0 aromatic heterocycles.